The number of carbonyl (C=O) groups excluding carboxylic acids is 1. The van der Waals surface area contributed by atoms with E-state index >= 15 is 0 Å². The Balaban J connectivity index is 1.78. The fraction of sp³-hybridized carbons (Fsp3) is 0.438. The highest BCUT2D eigenvalue weighted by Crippen LogP contribution is 2.35. The Morgan fingerprint density at radius 3 is 2.70 bits per heavy atom. The van der Waals surface area contributed by atoms with Gasteiger partial charge in [-0.15, -0.1) is 21.5 Å². The van der Waals surface area contributed by atoms with Crippen LogP contribution in [0.2, 0.25) is 0 Å². The number of likely N-dealkylation sites (tertiary alicyclic amines) is 1. The fourth-order valence-electron chi connectivity index (χ4n) is 3.06. The molecule has 1 saturated heterocycles. The van der Waals surface area contributed by atoms with Crippen LogP contribution in [-0.4, -0.2) is 46.4 Å². The highest BCUT2D eigenvalue weighted by Gasteiger charge is 2.39. The molecule has 1 fully saturated rings. The quantitative estimate of drug-likeness (QED) is 0.862. The molecule has 1 aromatic carbocycles. The van der Waals surface area contributed by atoms with Crippen LogP contribution in [0, 0.1) is 12.8 Å². The van der Waals surface area contributed by atoms with Crippen LogP contribution < -0.4 is 0 Å². The first kappa shape index (κ1) is 15.9. The van der Waals surface area contributed by atoms with Crippen LogP contribution in [-0.2, 0) is 16.1 Å². The molecule has 2 aromatic rings. The maximum absolute atomic E-state index is 12.1. The predicted octanol–water partition coefficient (Wildman–Crippen LogP) is 1.94. The average Bonchev–Trinajstić information content (AvgIpc) is 3.14. The number of esters is 1. The van der Waals surface area contributed by atoms with E-state index in [-0.39, 0.29) is 23.6 Å². The van der Waals surface area contributed by atoms with Crippen LogP contribution in [0.5, 0.6) is 5.75 Å². The average molecular weight is 333 g/mol. The molecule has 6 nitrogen and oxygen atoms in total. The normalized spacial score (nSPS) is 21.5. The molecule has 1 aromatic heterocycles. The summed E-state index contributed by atoms with van der Waals surface area (Å²) in [6.45, 7) is 4.01. The minimum Gasteiger partial charge on any atom is -0.508 e. The molecular formula is C16H19N3O3S. The molecule has 0 unspecified atom stereocenters. The number of hydrogen-bond donors (Lipinski definition) is 1. The molecule has 2 heterocycles. The largest absolute Gasteiger partial charge is 0.508 e. The van der Waals surface area contributed by atoms with E-state index in [9.17, 15) is 9.90 Å². The molecule has 3 rings (SSSR count). The Bertz CT molecular complexity index is 686. The van der Waals surface area contributed by atoms with Gasteiger partial charge >= 0.3 is 5.97 Å². The number of benzene rings is 1. The Morgan fingerprint density at radius 1 is 1.35 bits per heavy atom. The molecular weight excluding hydrogens is 314 g/mol. The van der Waals surface area contributed by atoms with Crippen molar-refractivity contribution in [3.05, 3.63) is 39.8 Å². The SMILES string of the molecule is COC(=O)[C@@H]1CN(Cc2nnc(C)s2)C[C@H]1c1ccc(O)cc1. The third kappa shape index (κ3) is 3.51. The second-order valence-corrected chi connectivity index (χ2v) is 7.00. The van der Waals surface area contributed by atoms with Crippen molar-refractivity contribution in [2.24, 2.45) is 5.92 Å². The van der Waals surface area contributed by atoms with E-state index in [2.05, 4.69) is 15.1 Å². The molecule has 7 heteroatoms. The Labute approximate surface area is 138 Å². The number of nitrogens with zero attached hydrogens (tertiary/aromatic N) is 3. The monoisotopic (exact) mass is 333 g/mol. The Hall–Kier alpha value is -1.99. The number of ether oxygens (including phenoxy) is 1. The highest BCUT2D eigenvalue weighted by molar-refractivity contribution is 7.11. The molecule has 0 spiro atoms. The van der Waals surface area contributed by atoms with E-state index in [1.165, 1.54) is 7.11 Å². The van der Waals surface area contributed by atoms with Crippen molar-refractivity contribution in [1.29, 1.82) is 0 Å². The van der Waals surface area contributed by atoms with Gasteiger partial charge in [0.2, 0.25) is 0 Å². The molecule has 23 heavy (non-hydrogen) atoms. The van der Waals surface area contributed by atoms with Crippen molar-refractivity contribution in [1.82, 2.24) is 15.1 Å². The summed E-state index contributed by atoms with van der Waals surface area (Å²) in [4.78, 5) is 14.4. The molecule has 0 radical (unpaired) electrons. The summed E-state index contributed by atoms with van der Waals surface area (Å²) in [5, 5.41) is 19.5. The number of aryl methyl sites for hydroxylation is 1. The van der Waals surface area contributed by atoms with Gasteiger partial charge in [0.05, 0.1) is 19.6 Å². The first-order valence-corrected chi connectivity index (χ1v) is 8.26. The predicted molar refractivity (Wildman–Crippen MR) is 86.3 cm³/mol. The molecule has 0 bridgehead atoms. The van der Waals surface area contributed by atoms with Crippen molar-refractivity contribution < 1.29 is 14.6 Å². The lowest BCUT2D eigenvalue weighted by molar-refractivity contribution is -0.145. The van der Waals surface area contributed by atoms with Gasteiger partial charge < -0.3 is 9.84 Å². The van der Waals surface area contributed by atoms with Crippen molar-refractivity contribution in [2.45, 2.75) is 19.4 Å². The van der Waals surface area contributed by atoms with E-state index in [0.717, 1.165) is 22.1 Å². The van der Waals surface area contributed by atoms with Gasteiger partial charge in [0.25, 0.3) is 0 Å². The zero-order valence-electron chi connectivity index (χ0n) is 13.1. The molecule has 0 saturated carbocycles. The topological polar surface area (TPSA) is 75.5 Å². The second-order valence-electron chi connectivity index (χ2n) is 5.74. The third-order valence-electron chi connectivity index (χ3n) is 4.15. The number of carbonyl (C=O) groups is 1. The molecule has 0 amide bonds. The summed E-state index contributed by atoms with van der Waals surface area (Å²) in [5.41, 5.74) is 1.04. The van der Waals surface area contributed by atoms with Gasteiger partial charge in [-0.2, -0.15) is 0 Å². The number of phenols is 1. The van der Waals surface area contributed by atoms with E-state index in [1.807, 2.05) is 19.1 Å². The van der Waals surface area contributed by atoms with Crippen LogP contribution >= 0.6 is 11.3 Å². The molecule has 2 atom stereocenters. The van der Waals surface area contributed by atoms with Crippen molar-refractivity contribution >= 4 is 17.3 Å². The van der Waals surface area contributed by atoms with Crippen molar-refractivity contribution in [3.8, 4) is 5.75 Å². The summed E-state index contributed by atoms with van der Waals surface area (Å²) in [6.07, 6.45) is 0. The van der Waals surface area contributed by atoms with E-state index in [0.29, 0.717) is 13.1 Å². The Morgan fingerprint density at radius 2 is 2.09 bits per heavy atom. The molecule has 0 aliphatic carbocycles. The number of aromatic hydroxyl groups is 1. The van der Waals surface area contributed by atoms with Gasteiger partial charge in [-0.3, -0.25) is 9.69 Å². The lowest BCUT2D eigenvalue weighted by atomic mass is 9.89. The third-order valence-corrected chi connectivity index (χ3v) is 4.97. The molecule has 1 aliphatic heterocycles. The Kier molecular flexibility index (Phi) is 4.58. The van der Waals surface area contributed by atoms with Gasteiger partial charge in [-0.25, -0.2) is 0 Å². The minimum absolute atomic E-state index is 0.0528. The standard InChI is InChI=1S/C16H19N3O3S/c1-10-17-18-15(23-10)9-19-7-13(14(8-19)16(21)22-2)11-3-5-12(20)6-4-11/h3-6,13-14,20H,7-9H2,1-2H3/t13-,14+/m0/s1. The first-order valence-electron chi connectivity index (χ1n) is 7.45. The number of phenolic OH excluding ortho intramolecular Hbond substituents is 1. The van der Waals surface area contributed by atoms with Crippen LogP contribution in [0.3, 0.4) is 0 Å². The van der Waals surface area contributed by atoms with Gasteiger partial charge in [-0.1, -0.05) is 12.1 Å². The summed E-state index contributed by atoms with van der Waals surface area (Å²) < 4.78 is 4.97. The second kappa shape index (κ2) is 6.64. The number of methoxy groups -OCH3 is 1. The van der Waals surface area contributed by atoms with E-state index in [1.54, 1.807) is 23.5 Å². The molecule has 1 N–H and O–H groups in total. The van der Waals surface area contributed by atoms with E-state index < -0.39 is 0 Å². The van der Waals surface area contributed by atoms with Crippen LogP contribution in [0.4, 0.5) is 0 Å². The van der Waals surface area contributed by atoms with Gasteiger partial charge in [0.15, 0.2) is 0 Å². The maximum Gasteiger partial charge on any atom is 0.310 e. The zero-order valence-corrected chi connectivity index (χ0v) is 13.9. The smallest absolute Gasteiger partial charge is 0.310 e. The van der Waals surface area contributed by atoms with Crippen molar-refractivity contribution in [3.63, 3.8) is 0 Å². The van der Waals surface area contributed by atoms with Gasteiger partial charge in [0.1, 0.15) is 15.8 Å². The zero-order chi connectivity index (χ0) is 16.4. The fourth-order valence-corrected chi connectivity index (χ4v) is 3.81. The van der Waals surface area contributed by atoms with Crippen LogP contribution in [0.15, 0.2) is 24.3 Å². The lowest BCUT2D eigenvalue weighted by Gasteiger charge is -2.16. The maximum atomic E-state index is 12.1. The number of aromatic nitrogens is 2. The van der Waals surface area contributed by atoms with Crippen molar-refractivity contribution in [2.75, 3.05) is 20.2 Å². The number of rotatable bonds is 4. The van der Waals surface area contributed by atoms with Crippen LogP contribution in [0.25, 0.3) is 0 Å². The highest BCUT2D eigenvalue weighted by atomic mass is 32.1. The van der Waals surface area contributed by atoms with Gasteiger partial charge in [0, 0.05) is 19.0 Å². The van der Waals surface area contributed by atoms with E-state index in [4.69, 9.17) is 4.74 Å². The first-order chi connectivity index (χ1) is 11.1. The summed E-state index contributed by atoms with van der Waals surface area (Å²) in [6, 6.07) is 7.05. The summed E-state index contributed by atoms with van der Waals surface area (Å²) >= 11 is 1.58. The number of hydrogen-bond acceptors (Lipinski definition) is 7. The molecule has 122 valence electrons. The summed E-state index contributed by atoms with van der Waals surface area (Å²) in [7, 11) is 1.42. The lowest BCUT2D eigenvalue weighted by Crippen LogP contribution is -2.24. The van der Waals surface area contributed by atoms with Crippen LogP contribution in [0.1, 0.15) is 21.5 Å². The van der Waals surface area contributed by atoms with Gasteiger partial charge in [-0.05, 0) is 24.6 Å². The minimum atomic E-state index is -0.210. The molecule has 1 aliphatic rings. The summed E-state index contributed by atoms with van der Waals surface area (Å²) in [5.74, 6) is -0.128.